The number of amidine groups is 1. The highest BCUT2D eigenvalue weighted by atomic mass is 79.9. The van der Waals surface area contributed by atoms with Crippen molar-refractivity contribution in [2.45, 2.75) is 31.1 Å². The number of nitrogens with one attached hydrogen (secondary N) is 1. The van der Waals surface area contributed by atoms with Gasteiger partial charge in [-0.05, 0) is 75.0 Å². The first-order chi connectivity index (χ1) is 14.9. The summed E-state index contributed by atoms with van der Waals surface area (Å²) >= 11 is 9.12. The summed E-state index contributed by atoms with van der Waals surface area (Å²) in [6.45, 7) is 0. The zero-order valence-corrected chi connectivity index (χ0v) is 18.6. The number of halogens is 3. The number of hydrogen-bond acceptors (Lipinski definition) is 5. The van der Waals surface area contributed by atoms with E-state index in [2.05, 4.69) is 36.6 Å². The summed E-state index contributed by atoms with van der Waals surface area (Å²) < 4.78 is 18.5. The van der Waals surface area contributed by atoms with Gasteiger partial charge in [-0.25, -0.2) is 14.0 Å². The molecule has 1 aromatic heterocycles. The number of aromatic nitrogens is 2. The van der Waals surface area contributed by atoms with E-state index in [1.165, 1.54) is 18.2 Å². The van der Waals surface area contributed by atoms with E-state index in [-0.39, 0.29) is 27.7 Å². The van der Waals surface area contributed by atoms with E-state index in [4.69, 9.17) is 22.0 Å². The average Bonchev–Trinajstić information content (AvgIpc) is 3.42. The molecular weight excluding hydrogens is 489 g/mol. The number of rotatable bonds is 5. The van der Waals surface area contributed by atoms with Crippen molar-refractivity contribution >= 4 is 50.8 Å². The molecule has 1 fully saturated rings. The van der Waals surface area contributed by atoms with Crippen molar-refractivity contribution in [3.8, 4) is 0 Å². The summed E-state index contributed by atoms with van der Waals surface area (Å²) in [5, 5.41) is 11.0. The molecule has 0 unspecified atom stereocenters. The number of nitrogens with zero attached hydrogens (tertiary/aromatic N) is 3. The van der Waals surface area contributed by atoms with Crippen molar-refractivity contribution in [1.82, 2.24) is 10.3 Å². The molecule has 1 saturated carbocycles. The van der Waals surface area contributed by atoms with Crippen LogP contribution in [0.2, 0.25) is 5.02 Å². The molecule has 0 radical (unpaired) electrons. The minimum absolute atomic E-state index is 0.0259. The molecule has 160 valence electrons. The first-order valence-corrected chi connectivity index (χ1v) is 10.8. The summed E-state index contributed by atoms with van der Waals surface area (Å²) in [4.78, 5) is 17.6. The van der Waals surface area contributed by atoms with Gasteiger partial charge in [0.15, 0.2) is 11.5 Å². The first kappa shape index (κ1) is 21.5. The number of carbonyl (C=O) groups is 1. The van der Waals surface area contributed by atoms with Crippen LogP contribution in [0.1, 0.15) is 36.9 Å². The molecule has 2 aromatic carbocycles. The second-order valence-electron chi connectivity index (χ2n) is 7.31. The molecular formula is C21H18BrClFN5O2. The summed E-state index contributed by atoms with van der Waals surface area (Å²) in [5.74, 6) is -0.589. The third kappa shape index (κ3) is 4.33. The maximum atomic E-state index is 13.4. The van der Waals surface area contributed by atoms with Crippen LogP contribution in [-0.2, 0) is 10.2 Å². The molecule has 1 heterocycles. The van der Waals surface area contributed by atoms with Gasteiger partial charge in [0.1, 0.15) is 5.82 Å². The van der Waals surface area contributed by atoms with E-state index < -0.39 is 11.2 Å². The molecule has 7 nitrogen and oxygen atoms in total. The first-order valence-electron chi connectivity index (χ1n) is 9.59. The molecule has 3 N–H and O–H groups in total. The normalized spacial score (nSPS) is 15.8. The second kappa shape index (κ2) is 8.76. The highest BCUT2D eigenvalue weighted by molar-refractivity contribution is 9.10. The fourth-order valence-corrected chi connectivity index (χ4v) is 4.30. The fraction of sp³-hybridized carbons (Fsp3) is 0.238. The minimum atomic E-state index is -0.700. The van der Waals surface area contributed by atoms with E-state index >= 15 is 0 Å². The lowest BCUT2D eigenvalue weighted by Crippen LogP contribution is -2.38. The summed E-state index contributed by atoms with van der Waals surface area (Å²) in [5.41, 5.74) is 6.75. The average molecular weight is 507 g/mol. The van der Waals surface area contributed by atoms with Crippen molar-refractivity contribution in [2.75, 3.05) is 5.32 Å². The van der Waals surface area contributed by atoms with Crippen LogP contribution in [0.3, 0.4) is 0 Å². The highest BCUT2D eigenvalue weighted by Gasteiger charge is 2.43. The molecule has 0 aliphatic heterocycles. The number of amides is 1. The Morgan fingerprint density at radius 1 is 1.19 bits per heavy atom. The molecule has 1 amide bonds. The van der Waals surface area contributed by atoms with Gasteiger partial charge in [0, 0.05) is 5.02 Å². The van der Waals surface area contributed by atoms with Crippen LogP contribution >= 0.6 is 27.5 Å². The largest absolute Gasteiger partial charge is 0.382 e. The SMILES string of the molecule is NC(=Nc1ccc(F)c(Br)c1)c1nonc1NC(=O)C1(c2ccc(Cl)cc2)CCCC1. The number of aliphatic imine (C=N–C) groups is 1. The molecule has 0 saturated heterocycles. The molecule has 1 aliphatic carbocycles. The Hall–Kier alpha value is -2.78. The minimum Gasteiger partial charge on any atom is -0.382 e. The van der Waals surface area contributed by atoms with Crippen molar-refractivity contribution in [1.29, 1.82) is 0 Å². The maximum absolute atomic E-state index is 13.4. The fourth-order valence-electron chi connectivity index (χ4n) is 3.81. The Balaban J connectivity index is 1.61. The number of nitrogens with two attached hydrogens (primary N) is 1. The molecule has 1 aliphatic rings. The standard InChI is InChI=1S/C21H18BrClFN5O2/c22-15-11-14(7-8-16(15)24)26-18(25)17-19(29-31-28-17)27-20(30)21(9-1-2-10-21)12-3-5-13(23)6-4-12/h3-8,11H,1-2,9-10H2,(H2,25,26)(H,27,29,30). The van der Waals surface area contributed by atoms with Crippen LogP contribution < -0.4 is 11.1 Å². The van der Waals surface area contributed by atoms with Gasteiger partial charge in [0.25, 0.3) is 0 Å². The van der Waals surface area contributed by atoms with E-state index in [1.807, 2.05) is 12.1 Å². The van der Waals surface area contributed by atoms with Gasteiger partial charge in [-0.2, -0.15) is 0 Å². The van der Waals surface area contributed by atoms with Crippen molar-refractivity contribution in [3.05, 3.63) is 69.0 Å². The Morgan fingerprint density at radius 3 is 2.58 bits per heavy atom. The molecule has 3 aromatic rings. The lowest BCUT2D eigenvalue weighted by atomic mass is 9.78. The third-order valence-electron chi connectivity index (χ3n) is 5.40. The van der Waals surface area contributed by atoms with Gasteiger partial charge in [0.2, 0.25) is 11.7 Å². The van der Waals surface area contributed by atoms with Gasteiger partial charge in [0.05, 0.1) is 15.6 Å². The van der Waals surface area contributed by atoms with Crippen molar-refractivity contribution in [2.24, 2.45) is 10.7 Å². The van der Waals surface area contributed by atoms with E-state index in [0.29, 0.717) is 23.6 Å². The van der Waals surface area contributed by atoms with Crippen LogP contribution in [0, 0.1) is 5.82 Å². The topological polar surface area (TPSA) is 106 Å². The van der Waals surface area contributed by atoms with Crippen LogP contribution in [0.15, 0.2) is 56.6 Å². The lowest BCUT2D eigenvalue weighted by molar-refractivity contribution is -0.121. The number of hydrogen-bond donors (Lipinski definition) is 2. The third-order valence-corrected chi connectivity index (χ3v) is 6.26. The molecule has 4 rings (SSSR count). The molecule has 0 bridgehead atoms. The highest BCUT2D eigenvalue weighted by Crippen LogP contribution is 2.42. The second-order valence-corrected chi connectivity index (χ2v) is 8.60. The Bertz CT molecular complexity index is 1140. The molecule has 0 spiro atoms. The lowest BCUT2D eigenvalue weighted by Gasteiger charge is -2.28. The van der Waals surface area contributed by atoms with Crippen molar-refractivity contribution in [3.63, 3.8) is 0 Å². The smallest absolute Gasteiger partial charge is 0.236 e. The predicted molar refractivity (Wildman–Crippen MR) is 119 cm³/mol. The molecule has 0 atom stereocenters. The maximum Gasteiger partial charge on any atom is 0.236 e. The van der Waals surface area contributed by atoms with Crippen LogP contribution in [0.5, 0.6) is 0 Å². The Morgan fingerprint density at radius 2 is 1.90 bits per heavy atom. The van der Waals surface area contributed by atoms with Crippen LogP contribution in [0.4, 0.5) is 15.9 Å². The quantitative estimate of drug-likeness (QED) is 0.369. The predicted octanol–water partition coefficient (Wildman–Crippen LogP) is 5.11. The monoisotopic (exact) mass is 505 g/mol. The molecule has 31 heavy (non-hydrogen) atoms. The number of anilines is 1. The number of carbonyl (C=O) groups excluding carboxylic acids is 1. The summed E-state index contributed by atoms with van der Waals surface area (Å²) in [6, 6.07) is 11.5. The zero-order valence-electron chi connectivity index (χ0n) is 16.2. The van der Waals surface area contributed by atoms with Gasteiger partial charge in [-0.1, -0.05) is 36.6 Å². The number of benzene rings is 2. The van der Waals surface area contributed by atoms with Crippen LogP contribution in [-0.4, -0.2) is 22.1 Å². The summed E-state index contributed by atoms with van der Waals surface area (Å²) in [7, 11) is 0. The van der Waals surface area contributed by atoms with Gasteiger partial charge < -0.3 is 11.1 Å². The molecule has 10 heteroatoms. The summed E-state index contributed by atoms with van der Waals surface area (Å²) in [6.07, 6.45) is 3.27. The van der Waals surface area contributed by atoms with E-state index in [1.54, 1.807) is 12.1 Å². The van der Waals surface area contributed by atoms with E-state index in [0.717, 1.165) is 18.4 Å². The van der Waals surface area contributed by atoms with Gasteiger partial charge >= 0.3 is 0 Å². The van der Waals surface area contributed by atoms with E-state index in [9.17, 15) is 9.18 Å². The Kier molecular flexibility index (Phi) is 6.06. The van der Waals surface area contributed by atoms with Crippen LogP contribution in [0.25, 0.3) is 0 Å². The van der Waals surface area contributed by atoms with Gasteiger partial charge in [-0.15, -0.1) is 0 Å². The van der Waals surface area contributed by atoms with Crippen molar-refractivity contribution < 1.29 is 13.8 Å². The zero-order chi connectivity index (χ0) is 22.0. The Labute approximate surface area is 191 Å². The van der Waals surface area contributed by atoms with Gasteiger partial charge in [-0.3, -0.25) is 4.79 Å².